The molecule has 94 valence electrons. The molecule has 0 fully saturated rings. The quantitative estimate of drug-likeness (QED) is 0.614. The Morgan fingerprint density at radius 1 is 1.39 bits per heavy atom. The van der Waals surface area contributed by atoms with Crippen LogP contribution in [0, 0.1) is 11.3 Å². The number of allylic oxidation sites excluding steroid dienone is 4. The van der Waals surface area contributed by atoms with Gasteiger partial charge >= 0.3 is 5.97 Å². The minimum absolute atomic E-state index is 0.152. The Hall–Kier alpha value is -1.77. The molecule has 2 aliphatic heterocycles. The highest BCUT2D eigenvalue weighted by Crippen LogP contribution is 2.49. The first-order chi connectivity index (χ1) is 8.51. The van der Waals surface area contributed by atoms with E-state index < -0.39 is 0 Å². The van der Waals surface area contributed by atoms with E-state index in [2.05, 4.69) is 13.8 Å². The summed E-state index contributed by atoms with van der Waals surface area (Å²) in [6.45, 7) is 6.05. The van der Waals surface area contributed by atoms with Crippen molar-refractivity contribution in [1.29, 1.82) is 0 Å². The number of hydrogen-bond acceptors (Lipinski definition) is 3. The van der Waals surface area contributed by atoms with Crippen molar-refractivity contribution < 1.29 is 14.3 Å². The van der Waals surface area contributed by atoms with E-state index in [1.54, 1.807) is 12.5 Å². The van der Waals surface area contributed by atoms with E-state index in [4.69, 9.17) is 9.47 Å². The van der Waals surface area contributed by atoms with Gasteiger partial charge in [-0.05, 0) is 43.9 Å². The van der Waals surface area contributed by atoms with Gasteiger partial charge < -0.3 is 9.47 Å². The Morgan fingerprint density at radius 3 is 2.94 bits per heavy atom. The fraction of sp³-hybridized carbons (Fsp3) is 0.400. The lowest BCUT2D eigenvalue weighted by molar-refractivity contribution is -0.133. The summed E-state index contributed by atoms with van der Waals surface area (Å²) in [7, 11) is 0. The zero-order valence-corrected chi connectivity index (χ0v) is 10.8. The average molecular weight is 244 g/mol. The summed E-state index contributed by atoms with van der Waals surface area (Å²) in [5, 5.41) is 0. The number of fused-ring (bicyclic) bond motifs is 2. The van der Waals surface area contributed by atoms with E-state index >= 15 is 0 Å². The second kappa shape index (κ2) is 3.61. The van der Waals surface area contributed by atoms with Crippen molar-refractivity contribution in [3.63, 3.8) is 0 Å². The molecule has 3 nitrogen and oxygen atoms in total. The van der Waals surface area contributed by atoms with Crippen LogP contribution in [0.1, 0.15) is 27.2 Å². The molecule has 0 radical (unpaired) electrons. The Bertz CT molecular complexity index is 548. The highest BCUT2D eigenvalue weighted by molar-refractivity contribution is 5.94. The maximum Gasteiger partial charge on any atom is 0.339 e. The van der Waals surface area contributed by atoms with Crippen LogP contribution in [0.4, 0.5) is 0 Å². The van der Waals surface area contributed by atoms with Crippen LogP contribution in [0.3, 0.4) is 0 Å². The van der Waals surface area contributed by atoms with Gasteiger partial charge in [0, 0.05) is 16.6 Å². The molecule has 0 aromatic rings. The first-order valence-electron chi connectivity index (χ1n) is 6.16. The molecule has 0 bridgehead atoms. The van der Waals surface area contributed by atoms with Crippen LogP contribution < -0.4 is 0 Å². The van der Waals surface area contributed by atoms with Gasteiger partial charge in [0.1, 0.15) is 5.76 Å². The Balaban J connectivity index is 2.14. The second-order valence-corrected chi connectivity index (χ2v) is 5.43. The van der Waals surface area contributed by atoms with Crippen LogP contribution in [-0.4, -0.2) is 5.97 Å². The molecule has 1 aliphatic carbocycles. The van der Waals surface area contributed by atoms with Gasteiger partial charge in [-0.15, -0.1) is 0 Å². The molecule has 0 saturated carbocycles. The molecular weight excluding hydrogens is 228 g/mol. The van der Waals surface area contributed by atoms with Gasteiger partial charge in [-0.1, -0.05) is 6.92 Å². The van der Waals surface area contributed by atoms with E-state index in [0.717, 1.165) is 23.3 Å². The molecule has 0 aromatic heterocycles. The summed E-state index contributed by atoms with van der Waals surface area (Å²) in [5.74, 6) is 0.841. The Kier molecular flexibility index (Phi) is 2.27. The number of carbonyl (C=O) groups excluding carboxylic acids is 1. The lowest BCUT2D eigenvalue weighted by Gasteiger charge is -2.36. The third-order valence-electron chi connectivity index (χ3n) is 4.17. The van der Waals surface area contributed by atoms with Crippen molar-refractivity contribution in [2.75, 3.05) is 0 Å². The lowest BCUT2D eigenvalue weighted by Crippen LogP contribution is -2.28. The summed E-state index contributed by atoms with van der Waals surface area (Å²) in [6.07, 6.45) is 8.41. The summed E-state index contributed by atoms with van der Waals surface area (Å²) in [4.78, 5) is 11.6. The van der Waals surface area contributed by atoms with Crippen molar-refractivity contribution in [3.05, 3.63) is 47.2 Å². The molecule has 0 saturated heterocycles. The molecule has 3 rings (SSSR count). The maximum absolute atomic E-state index is 11.6. The molecule has 0 N–H and O–H groups in total. The van der Waals surface area contributed by atoms with Crippen LogP contribution in [0.2, 0.25) is 0 Å². The van der Waals surface area contributed by atoms with Gasteiger partial charge in [-0.25, -0.2) is 4.79 Å². The van der Waals surface area contributed by atoms with Gasteiger partial charge in [0.25, 0.3) is 0 Å². The molecule has 0 amide bonds. The molecule has 3 aliphatic rings. The zero-order chi connectivity index (χ0) is 12.9. The molecule has 0 unspecified atom stereocenters. The van der Waals surface area contributed by atoms with Crippen molar-refractivity contribution in [2.24, 2.45) is 11.3 Å². The topological polar surface area (TPSA) is 35.5 Å². The fourth-order valence-corrected chi connectivity index (χ4v) is 2.95. The van der Waals surface area contributed by atoms with Crippen LogP contribution in [0.5, 0.6) is 0 Å². The number of ether oxygens (including phenoxy) is 2. The predicted octanol–water partition coefficient (Wildman–Crippen LogP) is 3.22. The monoisotopic (exact) mass is 244 g/mol. The second-order valence-electron chi connectivity index (χ2n) is 5.43. The summed E-state index contributed by atoms with van der Waals surface area (Å²) in [5.41, 5.74) is 2.83. The number of rotatable bonds is 0. The first kappa shape index (κ1) is 11.3. The van der Waals surface area contributed by atoms with Gasteiger partial charge in [0.15, 0.2) is 0 Å². The predicted molar refractivity (Wildman–Crippen MR) is 67.1 cm³/mol. The van der Waals surface area contributed by atoms with Gasteiger partial charge in [0.2, 0.25) is 0 Å². The molecule has 2 atom stereocenters. The van der Waals surface area contributed by atoms with E-state index in [0.29, 0.717) is 5.92 Å². The first-order valence-corrected chi connectivity index (χ1v) is 6.16. The molecule has 0 aromatic carbocycles. The lowest BCUT2D eigenvalue weighted by atomic mass is 9.67. The third-order valence-corrected chi connectivity index (χ3v) is 4.17. The van der Waals surface area contributed by atoms with Crippen LogP contribution in [0.15, 0.2) is 47.2 Å². The number of carbonyl (C=O) groups is 1. The van der Waals surface area contributed by atoms with E-state index in [1.165, 1.54) is 5.57 Å². The molecule has 0 spiro atoms. The van der Waals surface area contributed by atoms with Crippen molar-refractivity contribution in [2.45, 2.75) is 27.2 Å². The van der Waals surface area contributed by atoms with E-state index in [1.807, 2.05) is 19.1 Å². The Labute approximate surface area is 106 Å². The zero-order valence-electron chi connectivity index (χ0n) is 10.8. The average Bonchev–Trinajstić information content (AvgIpc) is 2.49. The van der Waals surface area contributed by atoms with Gasteiger partial charge in [0.05, 0.1) is 12.5 Å². The third kappa shape index (κ3) is 1.47. The minimum atomic E-state index is -0.210. The normalized spacial score (nSPS) is 33.9. The molecule has 3 heteroatoms. The van der Waals surface area contributed by atoms with E-state index in [-0.39, 0.29) is 11.4 Å². The van der Waals surface area contributed by atoms with Crippen molar-refractivity contribution in [3.8, 4) is 0 Å². The molecular formula is C15H16O3. The smallest absolute Gasteiger partial charge is 0.339 e. The fourth-order valence-electron chi connectivity index (χ4n) is 2.95. The highest BCUT2D eigenvalue weighted by atomic mass is 16.5. The Morgan fingerprint density at radius 2 is 2.17 bits per heavy atom. The van der Waals surface area contributed by atoms with Gasteiger partial charge in [-0.3, -0.25) is 0 Å². The highest BCUT2D eigenvalue weighted by Gasteiger charge is 2.42. The van der Waals surface area contributed by atoms with Crippen LogP contribution in [0.25, 0.3) is 0 Å². The molecule has 2 heterocycles. The van der Waals surface area contributed by atoms with Crippen molar-refractivity contribution >= 4 is 5.97 Å². The van der Waals surface area contributed by atoms with Crippen LogP contribution in [-0.2, 0) is 14.3 Å². The van der Waals surface area contributed by atoms with E-state index in [9.17, 15) is 4.79 Å². The standard InChI is InChI=1S/C15H16O3/c1-9-8-17-5-4-15(3)7-13-11(6-12(9)15)10(2)14(16)18-13/h4-5,7-8,12H,6H2,1-3H3/t12-,15-/m0/s1. The largest absolute Gasteiger partial charge is 0.473 e. The number of esters is 1. The maximum atomic E-state index is 11.6. The number of hydrogen-bond donors (Lipinski definition) is 0. The van der Waals surface area contributed by atoms with Crippen LogP contribution >= 0.6 is 0 Å². The van der Waals surface area contributed by atoms with Crippen molar-refractivity contribution in [1.82, 2.24) is 0 Å². The molecule has 18 heavy (non-hydrogen) atoms. The van der Waals surface area contributed by atoms with Gasteiger partial charge in [-0.2, -0.15) is 0 Å². The summed E-state index contributed by atoms with van der Waals surface area (Å²) >= 11 is 0. The summed E-state index contributed by atoms with van der Waals surface area (Å²) < 4.78 is 10.7. The summed E-state index contributed by atoms with van der Waals surface area (Å²) in [6, 6.07) is 0. The minimum Gasteiger partial charge on any atom is -0.473 e. The SMILES string of the molecule is CC1=COC=C[C@@]2(C)C=C3OC(=O)C(C)=C3C[C@@H]12.